The zero-order valence-electron chi connectivity index (χ0n) is 10.6. The summed E-state index contributed by atoms with van der Waals surface area (Å²) in [5, 5.41) is 8.48. The lowest BCUT2D eigenvalue weighted by atomic mass is 10.2. The van der Waals surface area contributed by atoms with E-state index in [4.69, 9.17) is 14.6 Å². The Balaban J connectivity index is 1.89. The van der Waals surface area contributed by atoms with Crippen molar-refractivity contribution in [1.82, 2.24) is 0 Å². The summed E-state index contributed by atoms with van der Waals surface area (Å²) >= 11 is 0. The van der Waals surface area contributed by atoms with Crippen LogP contribution in [0.2, 0.25) is 0 Å². The van der Waals surface area contributed by atoms with E-state index in [9.17, 15) is 9.18 Å². The highest BCUT2D eigenvalue weighted by Gasteiger charge is 2.01. The lowest BCUT2D eigenvalue weighted by molar-refractivity contribution is -0.139. The van der Waals surface area contributed by atoms with Crippen molar-refractivity contribution < 1.29 is 23.8 Å². The van der Waals surface area contributed by atoms with Crippen LogP contribution in [0.25, 0.3) is 0 Å². The van der Waals surface area contributed by atoms with Gasteiger partial charge in [0.05, 0.1) is 0 Å². The Kier molecular flexibility index (Phi) is 4.55. The zero-order valence-corrected chi connectivity index (χ0v) is 10.6. The van der Waals surface area contributed by atoms with E-state index < -0.39 is 5.97 Å². The molecule has 0 bridgehead atoms. The number of hydrogen-bond acceptors (Lipinski definition) is 3. The van der Waals surface area contributed by atoms with Gasteiger partial charge < -0.3 is 14.6 Å². The molecule has 0 radical (unpaired) electrons. The van der Waals surface area contributed by atoms with E-state index in [1.54, 1.807) is 36.4 Å². The Morgan fingerprint density at radius 2 is 1.70 bits per heavy atom. The van der Waals surface area contributed by atoms with Crippen molar-refractivity contribution in [3.8, 4) is 11.5 Å². The molecule has 0 atom stereocenters. The van der Waals surface area contributed by atoms with Crippen molar-refractivity contribution in [2.45, 2.75) is 6.61 Å². The van der Waals surface area contributed by atoms with Crippen LogP contribution >= 0.6 is 0 Å². The summed E-state index contributed by atoms with van der Waals surface area (Å²) in [7, 11) is 0. The monoisotopic (exact) mass is 276 g/mol. The first kappa shape index (κ1) is 13.9. The zero-order chi connectivity index (χ0) is 14.4. The molecule has 0 saturated heterocycles. The number of ether oxygens (including phenoxy) is 2. The lowest BCUT2D eigenvalue weighted by Gasteiger charge is -2.08. The molecule has 0 saturated carbocycles. The quantitative estimate of drug-likeness (QED) is 0.881. The number of carboxylic acid groups (broad SMARTS) is 1. The third kappa shape index (κ3) is 4.28. The number of carboxylic acids is 1. The van der Waals surface area contributed by atoms with E-state index in [-0.39, 0.29) is 19.0 Å². The van der Waals surface area contributed by atoms with E-state index in [1.165, 1.54) is 12.1 Å². The Labute approximate surface area is 115 Å². The molecule has 4 nitrogen and oxygen atoms in total. The van der Waals surface area contributed by atoms with Gasteiger partial charge in [-0.05, 0) is 42.0 Å². The van der Waals surface area contributed by atoms with Crippen LogP contribution in [0.3, 0.4) is 0 Å². The van der Waals surface area contributed by atoms with Gasteiger partial charge in [-0.1, -0.05) is 12.1 Å². The first-order chi connectivity index (χ1) is 9.63. The molecule has 2 aromatic carbocycles. The van der Waals surface area contributed by atoms with Gasteiger partial charge >= 0.3 is 5.97 Å². The lowest BCUT2D eigenvalue weighted by Crippen LogP contribution is -2.09. The minimum atomic E-state index is -1.03. The van der Waals surface area contributed by atoms with Gasteiger partial charge in [0.1, 0.15) is 23.9 Å². The fourth-order valence-electron chi connectivity index (χ4n) is 1.57. The molecule has 2 rings (SSSR count). The van der Waals surface area contributed by atoms with Crippen molar-refractivity contribution in [2.75, 3.05) is 6.61 Å². The molecule has 0 aliphatic heterocycles. The fourth-order valence-corrected chi connectivity index (χ4v) is 1.57. The molecule has 1 N–H and O–H groups in total. The van der Waals surface area contributed by atoms with Gasteiger partial charge in [-0.25, -0.2) is 9.18 Å². The minimum Gasteiger partial charge on any atom is -0.489 e. The van der Waals surface area contributed by atoms with Crippen LogP contribution in [0.1, 0.15) is 5.56 Å². The first-order valence-electron chi connectivity index (χ1n) is 5.95. The Morgan fingerprint density at radius 3 is 2.30 bits per heavy atom. The summed E-state index contributed by atoms with van der Waals surface area (Å²) < 4.78 is 23.5. The molecule has 2 aromatic rings. The molecule has 5 heteroatoms. The van der Waals surface area contributed by atoms with Gasteiger partial charge in [-0.15, -0.1) is 0 Å². The normalized spacial score (nSPS) is 10.1. The molecular formula is C15H13FO4. The van der Waals surface area contributed by atoms with Gasteiger partial charge in [0.25, 0.3) is 0 Å². The molecule has 0 heterocycles. The van der Waals surface area contributed by atoms with Crippen LogP contribution in [0.15, 0.2) is 48.5 Å². The van der Waals surface area contributed by atoms with Crippen LogP contribution < -0.4 is 9.47 Å². The first-order valence-corrected chi connectivity index (χ1v) is 5.95. The van der Waals surface area contributed by atoms with E-state index >= 15 is 0 Å². The number of rotatable bonds is 6. The molecule has 104 valence electrons. The van der Waals surface area contributed by atoms with Crippen LogP contribution in [-0.4, -0.2) is 17.7 Å². The van der Waals surface area contributed by atoms with E-state index in [2.05, 4.69) is 0 Å². The second kappa shape index (κ2) is 6.56. The van der Waals surface area contributed by atoms with Gasteiger partial charge in [0.2, 0.25) is 0 Å². The largest absolute Gasteiger partial charge is 0.489 e. The van der Waals surface area contributed by atoms with Gasteiger partial charge in [0.15, 0.2) is 6.61 Å². The molecule has 20 heavy (non-hydrogen) atoms. The summed E-state index contributed by atoms with van der Waals surface area (Å²) in [5.41, 5.74) is 0.733. The molecule has 0 aliphatic rings. The maximum Gasteiger partial charge on any atom is 0.341 e. The van der Waals surface area contributed by atoms with E-state index in [0.29, 0.717) is 11.5 Å². The van der Waals surface area contributed by atoms with Crippen LogP contribution in [0.4, 0.5) is 4.39 Å². The summed E-state index contributed by atoms with van der Waals surface area (Å²) in [6.07, 6.45) is 0. The summed E-state index contributed by atoms with van der Waals surface area (Å²) in [6, 6.07) is 12.7. The Hall–Kier alpha value is -2.56. The van der Waals surface area contributed by atoms with Crippen LogP contribution in [0, 0.1) is 5.82 Å². The standard InChI is InChI=1S/C15H13FO4/c16-12-3-1-2-11(8-12)9-19-13-4-6-14(7-5-13)20-10-15(17)18/h1-8H,9-10H2,(H,17,18). The smallest absolute Gasteiger partial charge is 0.341 e. The molecular weight excluding hydrogens is 263 g/mol. The van der Waals surface area contributed by atoms with Crippen molar-refractivity contribution in [1.29, 1.82) is 0 Å². The maximum atomic E-state index is 13.0. The summed E-state index contributed by atoms with van der Waals surface area (Å²) in [6.45, 7) is -0.128. The number of halogens is 1. The second-order valence-electron chi connectivity index (χ2n) is 4.07. The maximum absolute atomic E-state index is 13.0. The third-order valence-electron chi connectivity index (χ3n) is 2.48. The van der Waals surface area contributed by atoms with E-state index in [0.717, 1.165) is 5.56 Å². The number of aliphatic carboxylic acids is 1. The molecule has 0 amide bonds. The second-order valence-corrected chi connectivity index (χ2v) is 4.07. The highest BCUT2D eigenvalue weighted by molar-refractivity contribution is 5.68. The molecule has 0 aliphatic carbocycles. The predicted molar refractivity (Wildman–Crippen MR) is 70.3 cm³/mol. The average molecular weight is 276 g/mol. The van der Waals surface area contributed by atoms with Gasteiger partial charge in [0, 0.05) is 0 Å². The number of carbonyl (C=O) groups is 1. The number of hydrogen-bond donors (Lipinski definition) is 1. The fraction of sp³-hybridized carbons (Fsp3) is 0.133. The third-order valence-corrected chi connectivity index (χ3v) is 2.48. The van der Waals surface area contributed by atoms with Crippen LogP contribution in [0.5, 0.6) is 11.5 Å². The van der Waals surface area contributed by atoms with Gasteiger partial charge in [-0.2, -0.15) is 0 Å². The van der Waals surface area contributed by atoms with Crippen molar-refractivity contribution in [3.63, 3.8) is 0 Å². The SMILES string of the molecule is O=C(O)COc1ccc(OCc2cccc(F)c2)cc1. The van der Waals surface area contributed by atoms with Crippen molar-refractivity contribution >= 4 is 5.97 Å². The molecule has 0 fully saturated rings. The predicted octanol–water partition coefficient (Wildman–Crippen LogP) is 2.87. The van der Waals surface area contributed by atoms with Gasteiger partial charge in [-0.3, -0.25) is 0 Å². The molecule has 0 aromatic heterocycles. The van der Waals surface area contributed by atoms with Crippen molar-refractivity contribution in [3.05, 3.63) is 59.9 Å². The van der Waals surface area contributed by atoms with E-state index in [1.807, 2.05) is 0 Å². The number of benzene rings is 2. The topological polar surface area (TPSA) is 55.8 Å². The minimum absolute atomic E-state index is 0.257. The van der Waals surface area contributed by atoms with Crippen LogP contribution in [-0.2, 0) is 11.4 Å². The molecule has 0 spiro atoms. The Bertz CT molecular complexity index is 581. The summed E-state index contributed by atoms with van der Waals surface area (Å²) in [5.74, 6) is -0.289. The summed E-state index contributed by atoms with van der Waals surface area (Å²) in [4.78, 5) is 10.3. The highest BCUT2D eigenvalue weighted by atomic mass is 19.1. The highest BCUT2D eigenvalue weighted by Crippen LogP contribution is 2.18. The molecule has 0 unspecified atom stereocenters. The average Bonchev–Trinajstić information content (AvgIpc) is 2.44. The Morgan fingerprint density at radius 1 is 1.05 bits per heavy atom. The van der Waals surface area contributed by atoms with Crippen molar-refractivity contribution in [2.24, 2.45) is 0 Å².